The molecule has 4 rings (SSSR count). The molecule has 0 atom stereocenters. The number of rotatable bonds is 13. The van der Waals surface area contributed by atoms with Crippen molar-refractivity contribution in [2.45, 2.75) is 54.6 Å². The molecule has 0 bridgehead atoms. The maximum absolute atomic E-state index is 11.3. The Labute approximate surface area is 275 Å². The fourth-order valence-electron chi connectivity index (χ4n) is 5.11. The van der Waals surface area contributed by atoms with Crippen LogP contribution in [0.25, 0.3) is 5.57 Å². The number of carbonyl (C=O) groups is 1. The van der Waals surface area contributed by atoms with E-state index in [1.54, 1.807) is 0 Å². The standard InChI is InChI=1S/C42H46N2O2/c1-7-9-10-11-30-43(39-21-12-32(3)13-22-39)40-28-19-37(20-29-40)34(5)16-25-38(8-2)44(41-23-14-33(4)15-24-41)42-26-17-36(18-27-42)31-46-35(6)45/h7,9-29H,8,30-31H2,1-6H3/b9-7-,11-10-,34-16+,38-25+. The van der Waals surface area contributed by atoms with Crippen molar-refractivity contribution in [3.8, 4) is 0 Å². The van der Waals surface area contributed by atoms with E-state index in [-0.39, 0.29) is 12.6 Å². The molecule has 0 aromatic heterocycles. The number of nitrogens with zero attached hydrogens (tertiary/aromatic N) is 2. The van der Waals surface area contributed by atoms with Crippen molar-refractivity contribution in [2.24, 2.45) is 0 Å². The van der Waals surface area contributed by atoms with Crippen LogP contribution in [0, 0.1) is 13.8 Å². The van der Waals surface area contributed by atoms with Crippen LogP contribution in [0.4, 0.5) is 22.7 Å². The Morgan fingerprint density at radius 2 is 1.22 bits per heavy atom. The summed E-state index contributed by atoms with van der Waals surface area (Å²) in [6, 6.07) is 34.3. The minimum absolute atomic E-state index is 0.271. The van der Waals surface area contributed by atoms with E-state index in [0.717, 1.165) is 35.6 Å². The number of aryl methyl sites for hydroxylation is 2. The third-order valence-electron chi connectivity index (χ3n) is 7.81. The molecule has 4 nitrogen and oxygen atoms in total. The average molecular weight is 611 g/mol. The summed E-state index contributed by atoms with van der Waals surface area (Å²) in [5, 5.41) is 0. The summed E-state index contributed by atoms with van der Waals surface area (Å²) in [6.07, 6.45) is 13.7. The first-order valence-corrected chi connectivity index (χ1v) is 16.0. The van der Waals surface area contributed by atoms with Gasteiger partial charge in [-0.15, -0.1) is 0 Å². The van der Waals surface area contributed by atoms with Crippen LogP contribution in [0.1, 0.15) is 56.4 Å². The van der Waals surface area contributed by atoms with Crippen molar-refractivity contribution in [2.75, 3.05) is 16.3 Å². The molecule has 236 valence electrons. The molecule has 4 aromatic rings. The minimum atomic E-state index is -0.279. The van der Waals surface area contributed by atoms with E-state index in [9.17, 15) is 4.79 Å². The Balaban J connectivity index is 1.62. The van der Waals surface area contributed by atoms with E-state index in [2.05, 4.69) is 153 Å². The molecular weight excluding hydrogens is 564 g/mol. The maximum Gasteiger partial charge on any atom is 0.302 e. The van der Waals surface area contributed by atoms with Crippen molar-refractivity contribution in [3.63, 3.8) is 0 Å². The van der Waals surface area contributed by atoms with Crippen LogP contribution < -0.4 is 9.80 Å². The van der Waals surface area contributed by atoms with Gasteiger partial charge < -0.3 is 14.5 Å². The van der Waals surface area contributed by atoms with E-state index < -0.39 is 0 Å². The van der Waals surface area contributed by atoms with Gasteiger partial charge in [0.05, 0.1) is 0 Å². The quantitative estimate of drug-likeness (QED) is 0.111. The van der Waals surface area contributed by atoms with Gasteiger partial charge in [0.15, 0.2) is 0 Å². The highest BCUT2D eigenvalue weighted by molar-refractivity contribution is 5.73. The molecule has 0 radical (unpaired) electrons. The number of carbonyl (C=O) groups excluding carboxylic acids is 1. The zero-order chi connectivity index (χ0) is 32.9. The largest absolute Gasteiger partial charge is 0.461 e. The predicted octanol–water partition coefficient (Wildman–Crippen LogP) is 11.2. The maximum atomic E-state index is 11.3. The third kappa shape index (κ3) is 9.45. The van der Waals surface area contributed by atoms with Crippen LogP contribution in [0.2, 0.25) is 0 Å². The molecule has 0 aliphatic rings. The van der Waals surface area contributed by atoms with E-state index in [0.29, 0.717) is 0 Å². The summed E-state index contributed by atoms with van der Waals surface area (Å²) in [7, 11) is 0. The molecular formula is C42H46N2O2. The van der Waals surface area contributed by atoms with Gasteiger partial charge in [-0.05, 0) is 105 Å². The van der Waals surface area contributed by atoms with Gasteiger partial charge in [-0.1, -0.05) is 97.0 Å². The van der Waals surface area contributed by atoms with Gasteiger partial charge >= 0.3 is 5.97 Å². The summed E-state index contributed by atoms with van der Waals surface area (Å²) in [5.74, 6) is -0.279. The van der Waals surface area contributed by atoms with Crippen molar-refractivity contribution < 1.29 is 9.53 Å². The molecule has 4 aromatic carbocycles. The predicted molar refractivity (Wildman–Crippen MR) is 196 cm³/mol. The zero-order valence-corrected chi connectivity index (χ0v) is 28.0. The molecule has 0 amide bonds. The van der Waals surface area contributed by atoms with Gasteiger partial charge in [0.25, 0.3) is 0 Å². The van der Waals surface area contributed by atoms with Crippen molar-refractivity contribution in [1.82, 2.24) is 0 Å². The Bertz CT molecular complexity index is 1680. The van der Waals surface area contributed by atoms with Gasteiger partial charge in [-0.3, -0.25) is 4.79 Å². The van der Waals surface area contributed by atoms with Crippen LogP contribution in [0.5, 0.6) is 0 Å². The van der Waals surface area contributed by atoms with Gasteiger partial charge in [0, 0.05) is 41.9 Å². The lowest BCUT2D eigenvalue weighted by atomic mass is 10.0. The lowest BCUT2D eigenvalue weighted by molar-refractivity contribution is -0.142. The van der Waals surface area contributed by atoms with E-state index in [4.69, 9.17) is 4.74 Å². The summed E-state index contributed by atoms with van der Waals surface area (Å²) >= 11 is 0. The summed E-state index contributed by atoms with van der Waals surface area (Å²) in [5.41, 5.74) is 11.4. The number of ether oxygens (including phenoxy) is 1. The minimum Gasteiger partial charge on any atom is -0.461 e. The Morgan fingerprint density at radius 1 is 0.696 bits per heavy atom. The molecule has 0 fully saturated rings. The Morgan fingerprint density at radius 3 is 1.74 bits per heavy atom. The van der Waals surface area contributed by atoms with Gasteiger partial charge in [-0.25, -0.2) is 0 Å². The summed E-state index contributed by atoms with van der Waals surface area (Å²) in [4.78, 5) is 15.9. The number of esters is 1. The second kappa shape index (κ2) is 16.8. The number of anilines is 4. The van der Waals surface area contributed by atoms with Crippen molar-refractivity contribution >= 4 is 34.3 Å². The van der Waals surface area contributed by atoms with Crippen molar-refractivity contribution in [3.05, 3.63) is 161 Å². The van der Waals surface area contributed by atoms with Crippen LogP contribution in [-0.2, 0) is 16.1 Å². The van der Waals surface area contributed by atoms with Crippen LogP contribution in [0.15, 0.2) is 139 Å². The highest BCUT2D eigenvalue weighted by Crippen LogP contribution is 2.33. The number of benzene rings is 4. The lowest BCUT2D eigenvalue weighted by Gasteiger charge is -2.28. The van der Waals surface area contributed by atoms with E-state index >= 15 is 0 Å². The molecule has 0 saturated carbocycles. The Kier molecular flexibility index (Phi) is 12.4. The molecule has 0 aliphatic carbocycles. The molecule has 0 spiro atoms. The van der Waals surface area contributed by atoms with Crippen LogP contribution >= 0.6 is 0 Å². The third-order valence-corrected chi connectivity index (χ3v) is 7.81. The summed E-state index contributed by atoms with van der Waals surface area (Å²) in [6.45, 7) is 13.1. The number of hydrogen-bond acceptors (Lipinski definition) is 4. The first-order valence-electron chi connectivity index (χ1n) is 16.0. The van der Waals surface area contributed by atoms with E-state index in [1.165, 1.54) is 40.6 Å². The lowest BCUT2D eigenvalue weighted by Crippen LogP contribution is -2.16. The first-order chi connectivity index (χ1) is 22.3. The molecule has 0 saturated heterocycles. The van der Waals surface area contributed by atoms with Gasteiger partial charge in [0.2, 0.25) is 0 Å². The van der Waals surface area contributed by atoms with E-state index in [1.807, 2.05) is 25.1 Å². The van der Waals surface area contributed by atoms with Crippen LogP contribution in [-0.4, -0.2) is 12.5 Å². The molecule has 0 unspecified atom stereocenters. The molecule has 0 N–H and O–H groups in total. The second-order valence-electron chi connectivity index (χ2n) is 11.4. The zero-order valence-electron chi connectivity index (χ0n) is 28.0. The fourth-order valence-corrected chi connectivity index (χ4v) is 5.11. The molecule has 0 aliphatic heterocycles. The highest BCUT2D eigenvalue weighted by Gasteiger charge is 2.14. The fraction of sp³-hybridized carbons (Fsp3) is 0.214. The SMILES string of the molecule is C/C=C\C=C/CN(c1ccc(C)cc1)c1ccc(/C(C)=C/C=C(\CC)N(c2ccc(C)cc2)c2ccc(COC(C)=O)cc2)cc1. The highest BCUT2D eigenvalue weighted by atomic mass is 16.5. The van der Waals surface area contributed by atoms with Gasteiger partial charge in [0.1, 0.15) is 6.61 Å². The first kappa shape index (κ1) is 33.8. The van der Waals surface area contributed by atoms with Gasteiger partial charge in [-0.2, -0.15) is 0 Å². The summed E-state index contributed by atoms with van der Waals surface area (Å²) < 4.78 is 5.20. The Hall–Kier alpha value is -5.09. The molecule has 0 heterocycles. The van der Waals surface area contributed by atoms with Crippen LogP contribution in [0.3, 0.4) is 0 Å². The smallest absolute Gasteiger partial charge is 0.302 e. The molecule has 4 heteroatoms. The molecule has 46 heavy (non-hydrogen) atoms. The monoisotopic (exact) mass is 610 g/mol. The number of hydrogen-bond donors (Lipinski definition) is 0. The normalized spacial score (nSPS) is 12.1. The average Bonchev–Trinajstić information content (AvgIpc) is 3.07. The van der Waals surface area contributed by atoms with Crippen molar-refractivity contribution in [1.29, 1.82) is 0 Å². The topological polar surface area (TPSA) is 32.8 Å². The number of allylic oxidation sites excluding steroid dienone is 7. The second-order valence-corrected chi connectivity index (χ2v) is 11.4.